The molecule has 0 aromatic heterocycles. The van der Waals surface area contributed by atoms with Gasteiger partial charge in [0.25, 0.3) is 0 Å². The first kappa shape index (κ1) is 9.90. The maximum absolute atomic E-state index is 10.8. The first-order chi connectivity index (χ1) is 5.72. The summed E-state index contributed by atoms with van der Waals surface area (Å²) in [5, 5.41) is 9.01. The van der Waals surface area contributed by atoms with Crippen LogP contribution in [0.5, 0.6) is 0 Å². The number of aliphatic hydroxyl groups excluding tert-OH is 1. The number of cyclic esters (lactones) is 1. The Labute approximate surface area is 73.1 Å². The van der Waals surface area contributed by atoms with Crippen LogP contribution in [-0.4, -0.2) is 36.6 Å². The number of rotatable bonds is 4. The number of esters is 1. The molecular weight excluding hydrogens is 179 g/mol. The summed E-state index contributed by atoms with van der Waals surface area (Å²) in [6, 6.07) is 0. The molecule has 1 rings (SSSR count). The van der Waals surface area contributed by atoms with E-state index in [1.54, 1.807) is 0 Å². The van der Waals surface area contributed by atoms with E-state index >= 15 is 0 Å². The molecule has 1 fully saturated rings. The Balaban J connectivity index is 2.46. The molecule has 0 aromatic carbocycles. The van der Waals surface area contributed by atoms with Crippen LogP contribution in [0, 0.1) is 0 Å². The minimum Gasteiger partial charge on any atom is -0.454 e. The number of aliphatic hydroxyl groups is 1. The van der Waals surface area contributed by atoms with E-state index < -0.39 is 5.60 Å². The topological polar surface area (TPSA) is 55.8 Å². The molecule has 0 spiro atoms. The van der Waals surface area contributed by atoms with Crippen LogP contribution in [0.4, 0.5) is 0 Å². The lowest BCUT2D eigenvalue weighted by molar-refractivity contribution is -0.154. The predicted molar refractivity (Wildman–Crippen MR) is 45.3 cm³/mol. The molecule has 12 heavy (non-hydrogen) atoms. The van der Waals surface area contributed by atoms with Gasteiger partial charge in [-0.1, -0.05) is 0 Å². The van der Waals surface area contributed by atoms with Crippen molar-refractivity contribution >= 4 is 14.8 Å². The van der Waals surface area contributed by atoms with E-state index in [1.807, 2.05) is 6.66 Å². The van der Waals surface area contributed by atoms with Crippen molar-refractivity contribution in [3.05, 3.63) is 0 Å². The molecule has 0 amide bonds. The second kappa shape index (κ2) is 4.17. The average molecular weight is 192 g/mol. The molecule has 0 radical (unpaired) electrons. The molecule has 2 unspecified atom stereocenters. The van der Waals surface area contributed by atoms with E-state index in [0.29, 0.717) is 28.3 Å². The van der Waals surface area contributed by atoms with Gasteiger partial charge in [-0.2, -0.15) is 0 Å². The molecule has 1 heterocycles. The summed E-state index contributed by atoms with van der Waals surface area (Å²) >= 11 is 0. The SMILES string of the molecule is CPOCC1(CO)CCC(=O)O1. The monoisotopic (exact) mass is 192 g/mol. The molecule has 0 saturated carbocycles. The zero-order chi connectivity index (χ0) is 9.03. The number of ether oxygens (including phenoxy) is 1. The summed E-state index contributed by atoms with van der Waals surface area (Å²) in [5.41, 5.74) is -0.750. The van der Waals surface area contributed by atoms with Gasteiger partial charge in [-0.05, 0) is 6.66 Å². The molecule has 5 heteroatoms. The molecular formula is C7H13O4P. The summed E-state index contributed by atoms with van der Waals surface area (Å²) in [6.45, 7) is 2.05. The van der Waals surface area contributed by atoms with Crippen molar-refractivity contribution in [3.63, 3.8) is 0 Å². The fourth-order valence-electron chi connectivity index (χ4n) is 1.14. The van der Waals surface area contributed by atoms with Crippen LogP contribution in [0.15, 0.2) is 0 Å². The highest BCUT2D eigenvalue weighted by Gasteiger charge is 2.40. The van der Waals surface area contributed by atoms with Gasteiger partial charge >= 0.3 is 5.97 Å². The van der Waals surface area contributed by atoms with Crippen LogP contribution < -0.4 is 0 Å². The Bertz CT molecular complexity index is 173. The van der Waals surface area contributed by atoms with Crippen LogP contribution in [0.1, 0.15) is 12.8 Å². The number of carbonyl (C=O) groups excluding carboxylic acids is 1. The summed E-state index contributed by atoms with van der Waals surface area (Å²) < 4.78 is 10.1. The maximum Gasteiger partial charge on any atom is 0.306 e. The lowest BCUT2D eigenvalue weighted by Gasteiger charge is -2.24. The molecule has 1 N–H and O–H groups in total. The van der Waals surface area contributed by atoms with Crippen LogP contribution in [0.25, 0.3) is 0 Å². The summed E-state index contributed by atoms with van der Waals surface area (Å²) in [7, 11) is 0.358. The van der Waals surface area contributed by atoms with Gasteiger partial charge in [0.15, 0.2) is 5.60 Å². The van der Waals surface area contributed by atoms with Crippen LogP contribution in [-0.2, 0) is 14.1 Å². The second-order valence-electron chi connectivity index (χ2n) is 2.81. The first-order valence-corrected chi connectivity index (χ1v) is 5.24. The Morgan fingerprint density at radius 2 is 2.58 bits per heavy atom. The summed E-state index contributed by atoms with van der Waals surface area (Å²) in [5.74, 6) is -0.243. The Hall–Kier alpha value is -0.180. The molecule has 0 aromatic rings. The van der Waals surface area contributed by atoms with Gasteiger partial charge < -0.3 is 14.4 Å². The van der Waals surface area contributed by atoms with E-state index in [4.69, 9.17) is 14.4 Å². The minimum atomic E-state index is -0.750. The van der Waals surface area contributed by atoms with Gasteiger partial charge in [0, 0.05) is 21.6 Å². The molecule has 1 aliphatic heterocycles. The van der Waals surface area contributed by atoms with Crippen molar-refractivity contribution in [3.8, 4) is 0 Å². The fourth-order valence-corrected chi connectivity index (χ4v) is 1.54. The lowest BCUT2D eigenvalue weighted by Crippen LogP contribution is -2.37. The standard InChI is InChI=1S/C7H13O4P/c1-12-10-5-7(4-8)3-2-6(9)11-7/h8,12H,2-5H2,1H3. The quantitative estimate of drug-likeness (QED) is 0.514. The van der Waals surface area contributed by atoms with Crippen molar-refractivity contribution in [2.75, 3.05) is 19.9 Å². The van der Waals surface area contributed by atoms with E-state index in [0.717, 1.165) is 0 Å². The first-order valence-electron chi connectivity index (χ1n) is 3.84. The van der Waals surface area contributed by atoms with Gasteiger partial charge in [0.2, 0.25) is 0 Å². The molecule has 2 atom stereocenters. The van der Waals surface area contributed by atoms with Crippen molar-refractivity contribution in [1.29, 1.82) is 0 Å². The van der Waals surface area contributed by atoms with Crippen LogP contribution in [0.3, 0.4) is 0 Å². The van der Waals surface area contributed by atoms with Crippen molar-refractivity contribution in [2.24, 2.45) is 0 Å². The number of hydrogen-bond donors (Lipinski definition) is 1. The third-order valence-electron chi connectivity index (χ3n) is 1.88. The average Bonchev–Trinajstić information content (AvgIpc) is 2.45. The summed E-state index contributed by atoms with van der Waals surface area (Å²) in [4.78, 5) is 10.8. The Kier molecular flexibility index (Phi) is 3.44. The zero-order valence-electron chi connectivity index (χ0n) is 7.00. The lowest BCUT2D eigenvalue weighted by atomic mass is 10.0. The second-order valence-corrected chi connectivity index (χ2v) is 3.50. The van der Waals surface area contributed by atoms with E-state index in [1.165, 1.54) is 0 Å². The van der Waals surface area contributed by atoms with E-state index in [9.17, 15) is 4.79 Å². The van der Waals surface area contributed by atoms with Gasteiger partial charge in [-0.3, -0.25) is 4.79 Å². The molecule has 70 valence electrons. The predicted octanol–water partition coefficient (Wildman–Crippen LogP) is 0.294. The third-order valence-corrected chi connectivity index (χ3v) is 2.32. The van der Waals surface area contributed by atoms with Crippen molar-refractivity contribution in [2.45, 2.75) is 18.4 Å². The Morgan fingerprint density at radius 3 is 3.00 bits per heavy atom. The zero-order valence-corrected chi connectivity index (χ0v) is 8.00. The summed E-state index contributed by atoms with van der Waals surface area (Å²) in [6.07, 6.45) is 0.948. The van der Waals surface area contributed by atoms with Crippen LogP contribution >= 0.6 is 8.81 Å². The third kappa shape index (κ3) is 2.16. The smallest absolute Gasteiger partial charge is 0.306 e. The minimum absolute atomic E-state index is 0.150. The molecule has 0 aliphatic carbocycles. The van der Waals surface area contributed by atoms with E-state index in [-0.39, 0.29) is 12.6 Å². The number of carbonyl (C=O) groups is 1. The maximum atomic E-state index is 10.8. The number of hydrogen-bond acceptors (Lipinski definition) is 4. The van der Waals surface area contributed by atoms with Gasteiger partial charge in [0.05, 0.1) is 13.2 Å². The molecule has 0 bridgehead atoms. The highest BCUT2D eigenvalue weighted by Crippen LogP contribution is 2.28. The van der Waals surface area contributed by atoms with Gasteiger partial charge in [-0.25, -0.2) is 0 Å². The van der Waals surface area contributed by atoms with Gasteiger partial charge in [-0.15, -0.1) is 0 Å². The molecule has 4 nitrogen and oxygen atoms in total. The van der Waals surface area contributed by atoms with Crippen molar-refractivity contribution < 1.29 is 19.2 Å². The van der Waals surface area contributed by atoms with E-state index in [2.05, 4.69) is 0 Å². The molecule has 1 aliphatic rings. The normalized spacial score (nSPS) is 30.0. The highest BCUT2D eigenvalue weighted by atomic mass is 31.1. The van der Waals surface area contributed by atoms with Crippen LogP contribution in [0.2, 0.25) is 0 Å². The molecule has 1 saturated heterocycles. The largest absolute Gasteiger partial charge is 0.454 e. The van der Waals surface area contributed by atoms with Gasteiger partial charge in [0.1, 0.15) is 0 Å². The fraction of sp³-hybridized carbons (Fsp3) is 0.857. The Morgan fingerprint density at radius 1 is 1.83 bits per heavy atom. The van der Waals surface area contributed by atoms with Crippen molar-refractivity contribution in [1.82, 2.24) is 0 Å². The highest BCUT2D eigenvalue weighted by molar-refractivity contribution is 7.31.